The number of carbonyl (C=O) groups excluding carboxylic acids is 1. The van der Waals surface area contributed by atoms with Crippen LogP contribution in [0.2, 0.25) is 10.0 Å². The number of hydrogen-bond acceptors (Lipinski definition) is 4. The molecule has 0 aliphatic rings. The molecule has 0 unspecified atom stereocenters. The molecular formula is C23H20Cl2N2O3. The molecule has 0 aromatic heterocycles. The van der Waals surface area contributed by atoms with Gasteiger partial charge in [-0.25, -0.2) is 5.43 Å². The lowest BCUT2D eigenvalue weighted by Crippen LogP contribution is -2.33. The molecule has 0 saturated carbocycles. The van der Waals surface area contributed by atoms with Crippen LogP contribution in [-0.2, 0) is 11.4 Å². The van der Waals surface area contributed by atoms with Crippen molar-refractivity contribution in [2.45, 2.75) is 19.6 Å². The topological polar surface area (TPSA) is 59.9 Å². The number of nitrogens with one attached hydrogen (secondary N) is 1. The summed E-state index contributed by atoms with van der Waals surface area (Å²) in [6.45, 7) is 2.06. The van der Waals surface area contributed by atoms with E-state index in [4.69, 9.17) is 32.7 Å². The summed E-state index contributed by atoms with van der Waals surface area (Å²) >= 11 is 11.8. The van der Waals surface area contributed by atoms with Crippen molar-refractivity contribution in [3.8, 4) is 11.5 Å². The van der Waals surface area contributed by atoms with Crippen molar-refractivity contribution in [2.24, 2.45) is 5.10 Å². The van der Waals surface area contributed by atoms with Crippen molar-refractivity contribution in [1.29, 1.82) is 0 Å². The van der Waals surface area contributed by atoms with Crippen LogP contribution in [0.25, 0.3) is 0 Å². The second-order valence-corrected chi connectivity index (χ2v) is 7.31. The van der Waals surface area contributed by atoms with Gasteiger partial charge in [0.1, 0.15) is 18.1 Å². The highest BCUT2D eigenvalue weighted by Gasteiger charge is 2.13. The molecule has 30 heavy (non-hydrogen) atoms. The smallest absolute Gasteiger partial charge is 0.280 e. The molecule has 0 heterocycles. The molecule has 0 saturated heterocycles. The van der Waals surface area contributed by atoms with Gasteiger partial charge in [-0.1, -0.05) is 53.5 Å². The minimum Gasteiger partial charge on any atom is -0.489 e. The Hall–Kier alpha value is -3.02. The van der Waals surface area contributed by atoms with Gasteiger partial charge in [-0.3, -0.25) is 4.79 Å². The van der Waals surface area contributed by atoms with Crippen molar-refractivity contribution >= 4 is 35.3 Å². The minimum atomic E-state index is -0.727. The summed E-state index contributed by atoms with van der Waals surface area (Å²) in [7, 11) is 0. The van der Waals surface area contributed by atoms with Crippen LogP contribution >= 0.6 is 23.2 Å². The SMILES string of the molecule is C[C@H](Oc1cccc(Cl)c1)C(=O)N/N=C\c1cccc(OCc2ccc(Cl)cc2)c1. The van der Waals surface area contributed by atoms with Gasteiger partial charge in [0.25, 0.3) is 5.91 Å². The second-order valence-electron chi connectivity index (χ2n) is 6.44. The first-order chi connectivity index (χ1) is 14.5. The Morgan fingerprint density at radius 2 is 1.73 bits per heavy atom. The van der Waals surface area contributed by atoms with Crippen LogP contribution in [0, 0.1) is 0 Å². The van der Waals surface area contributed by atoms with E-state index >= 15 is 0 Å². The molecule has 0 fully saturated rings. The Labute approximate surface area is 185 Å². The second kappa shape index (κ2) is 10.7. The molecule has 0 bridgehead atoms. The lowest BCUT2D eigenvalue weighted by Gasteiger charge is -2.13. The van der Waals surface area contributed by atoms with Gasteiger partial charge < -0.3 is 9.47 Å². The van der Waals surface area contributed by atoms with Gasteiger partial charge in [-0.2, -0.15) is 5.10 Å². The van der Waals surface area contributed by atoms with E-state index in [-0.39, 0.29) is 5.91 Å². The minimum absolute atomic E-state index is 0.374. The summed E-state index contributed by atoms with van der Waals surface area (Å²) in [5.41, 5.74) is 4.27. The summed E-state index contributed by atoms with van der Waals surface area (Å²) in [4.78, 5) is 12.2. The summed E-state index contributed by atoms with van der Waals surface area (Å²) < 4.78 is 11.4. The van der Waals surface area contributed by atoms with Crippen molar-refractivity contribution in [2.75, 3.05) is 0 Å². The summed E-state index contributed by atoms with van der Waals surface area (Å²) in [5, 5.41) is 5.21. The highest BCUT2D eigenvalue weighted by molar-refractivity contribution is 6.30. The van der Waals surface area contributed by atoms with Gasteiger partial charge in [-0.05, 0) is 60.5 Å². The quantitative estimate of drug-likeness (QED) is 0.370. The third-order valence-corrected chi connectivity index (χ3v) is 4.53. The van der Waals surface area contributed by atoms with Crippen molar-refractivity contribution < 1.29 is 14.3 Å². The van der Waals surface area contributed by atoms with Crippen LogP contribution in [0.3, 0.4) is 0 Å². The van der Waals surface area contributed by atoms with Crippen molar-refractivity contribution in [3.63, 3.8) is 0 Å². The molecule has 0 spiro atoms. The monoisotopic (exact) mass is 442 g/mol. The van der Waals surface area contributed by atoms with E-state index in [1.807, 2.05) is 48.5 Å². The van der Waals surface area contributed by atoms with E-state index in [1.54, 1.807) is 37.4 Å². The van der Waals surface area contributed by atoms with Crippen LogP contribution in [-0.4, -0.2) is 18.2 Å². The lowest BCUT2D eigenvalue weighted by molar-refractivity contribution is -0.127. The first-order valence-electron chi connectivity index (χ1n) is 9.22. The molecule has 0 radical (unpaired) electrons. The Morgan fingerprint density at radius 1 is 1.00 bits per heavy atom. The molecule has 1 atom stereocenters. The fraction of sp³-hybridized carbons (Fsp3) is 0.130. The molecule has 3 aromatic rings. The van der Waals surface area contributed by atoms with E-state index < -0.39 is 6.10 Å². The van der Waals surface area contributed by atoms with E-state index in [1.165, 1.54) is 0 Å². The summed E-state index contributed by atoms with van der Waals surface area (Å²) in [5.74, 6) is 0.832. The first-order valence-corrected chi connectivity index (χ1v) is 9.97. The molecule has 0 aliphatic heterocycles. The Bertz CT molecular complexity index is 1020. The number of amides is 1. The number of hydrogen-bond donors (Lipinski definition) is 1. The predicted octanol–water partition coefficient (Wildman–Crippen LogP) is 5.49. The number of carbonyl (C=O) groups is 1. The zero-order valence-corrected chi connectivity index (χ0v) is 17.7. The number of nitrogens with zero attached hydrogens (tertiary/aromatic N) is 1. The number of halogens is 2. The fourth-order valence-corrected chi connectivity index (χ4v) is 2.80. The third-order valence-electron chi connectivity index (χ3n) is 4.04. The maximum atomic E-state index is 12.2. The standard InChI is InChI=1S/C23H20Cl2N2O3/c1-16(30-22-7-3-5-20(25)13-22)23(28)27-26-14-18-4-2-6-21(12-18)29-15-17-8-10-19(24)11-9-17/h2-14,16H,15H2,1H3,(H,27,28)/b26-14-/t16-/m0/s1. The van der Waals surface area contributed by atoms with E-state index in [0.717, 1.165) is 11.1 Å². The highest BCUT2D eigenvalue weighted by Crippen LogP contribution is 2.18. The molecule has 0 aliphatic carbocycles. The Kier molecular flexibility index (Phi) is 7.71. The summed E-state index contributed by atoms with van der Waals surface area (Å²) in [6.07, 6.45) is 0.814. The Balaban J connectivity index is 1.51. The van der Waals surface area contributed by atoms with Crippen LogP contribution in [0.4, 0.5) is 0 Å². The van der Waals surface area contributed by atoms with Gasteiger partial charge >= 0.3 is 0 Å². The van der Waals surface area contributed by atoms with Crippen molar-refractivity contribution in [1.82, 2.24) is 5.43 Å². The molecule has 3 rings (SSSR count). The number of ether oxygens (including phenoxy) is 2. The van der Waals surface area contributed by atoms with Gasteiger partial charge in [0.05, 0.1) is 6.21 Å². The van der Waals surface area contributed by atoms with Crippen molar-refractivity contribution in [3.05, 3.63) is 94.0 Å². The molecule has 5 nitrogen and oxygen atoms in total. The van der Waals surface area contributed by atoms with E-state index in [0.29, 0.717) is 28.2 Å². The molecule has 3 aromatic carbocycles. The van der Waals surface area contributed by atoms with E-state index in [9.17, 15) is 4.79 Å². The van der Waals surface area contributed by atoms with Crippen LogP contribution < -0.4 is 14.9 Å². The average molecular weight is 443 g/mol. The normalized spacial score (nSPS) is 11.8. The van der Waals surface area contributed by atoms with Crippen LogP contribution in [0.15, 0.2) is 77.9 Å². The predicted molar refractivity (Wildman–Crippen MR) is 120 cm³/mol. The number of hydrazone groups is 1. The van der Waals surface area contributed by atoms with Gasteiger partial charge in [0.2, 0.25) is 0 Å². The van der Waals surface area contributed by atoms with Gasteiger partial charge in [0.15, 0.2) is 6.10 Å². The maximum absolute atomic E-state index is 12.2. The average Bonchev–Trinajstić information content (AvgIpc) is 2.73. The maximum Gasteiger partial charge on any atom is 0.280 e. The largest absolute Gasteiger partial charge is 0.489 e. The summed E-state index contributed by atoms with van der Waals surface area (Å²) in [6, 6.07) is 21.7. The first kappa shape index (κ1) is 21.7. The fourth-order valence-electron chi connectivity index (χ4n) is 2.49. The van der Waals surface area contributed by atoms with Crippen LogP contribution in [0.1, 0.15) is 18.1 Å². The molecule has 154 valence electrons. The zero-order valence-electron chi connectivity index (χ0n) is 16.2. The van der Waals surface area contributed by atoms with Gasteiger partial charge in [0, 0.05) is 10.0 Å². The van der Waals surface area contributed by atoms with E-state index in [2.05, 4.69) is 10.5 Å². The van der Waals surface area contributed by atoms with Gasteiger partial charge in [-0.15, -0.1) is 0 Å². The third kappa shape index (κ3) is 6.79. The number of rotatable bonds is 8. The molecule has 1 N–H and O–H groups in total. The van der Waals surface area contributed by atoms with Crippen LogP contribution in [0.5, 0.6) is 11.5 Å². The lowest BCUT2D eigenvalue weighted by atomic mass is 10.2. The Morgan fingerprint density at radius 3 is 2.50 bits per heavy atom. The molecule has 1 amide bonds. The zero-order chi connectivity index (χ0) is 21.3. The number of benzene rings is 3. The molecular weight excluding hydrogens is 423 g/mol. The molecule has 7 heteroatoms. The highest BCUT2D eigenvalue weighted by atomic mass is 35.5.